The molecule has 0 spiro atoms. The number of rotatable bonds is 6. The second-order valence-electron chi connectivity index (χ2n) is 5.90. The van der Waals surface area contributed by atoms with Gasteiger partial charge < -0.3 is 24.4 Å². The van der Waals surface area contributed by atoms with Crippen molar-refractivity contribution in [1.29, 1.82) is 0 Å². The Kier molecular flexibility index (Phi) is 6.55. The summed E-state index contributed by atoms with van der Waals surface area (Å²) in [5.41, 5.74) is 0.0213. The summed E-state index contributed by atoms with van der Waals surface area (Å²) in [5, 5.41) is 10.2. The predicted molar refractivity (Wildman–Crippen MR) is 89.5 cm³/mol. The molecule has 2 aliphatic heterocycles. The van der Waals surface area contributed by atoms with E-state index in [-0.39, 0.29) is 11.7 Å². The van der Waals surface area contributed by atoms with Crippen LogP contribution in [0, 0.1) is 5.92 Å². The highest BCUT2D eigenvalue weighted by molar-refractivity contribution is 8.00. The zero-order valence-electron chi connectivity index (χ0n) is 13.8. The van der Waals surface area contributed by atoms with Crippen LogP contribution in [0.3, 0.4) is 0 Å². The predicted octanol–water partition coefficient (Wildman–Crippen LogP) is 1.53. The summed E-state index contributed by atoms with van der Waals surface area (Å²) in [6, 6.07) is 0. The van der Waals surface area contributed by atoms with E-state index in [4.69, 9.17) is 9.47 Å². The van der Waals surface area contributed by atoms with Gasteiger partial charge in [0.25, 0.3) is 0 Å². The molecule has 0 aromatic rings. The fourth-order valence-corrected chi connectivity index (χ4v) is 3.21. The van der Waals surface area contributed by atoms with Gasteiger partial charge in [0.2, 0.25) is 6.35 Å². The van der Waals surface area contributed by atoms with E-state index < -0.39 is 6.35 Å². The van der Waals surface area contributed by atoms with E-state index in [0.717, 1.165) is 24.7 Å². The molecule has 0 radical (unpaired) electrons. The Bertz CT molecular complexity index is 417. The number of aliphatic hydroxyl groups excluding tert-OH is 1. The van der Waals surface area contributed by atoms with Gasteiger partial charge in [-0.1, -0.05) is 13.8 Å². The van der Waals surface area contributed by atoms with Crippen LogP contribution < -0.4 is 0 Å². The van der Waals surface area contributed by atoms with Crippen LogP contribution in [0.2, 0.25) is 0 Å². The van der Waals surface area contributed by atoms with Crippen LogP contribution in [0.5, 0.6) is 0 Å². The first kappa shape index (κ1) is 17.6. The van der Waals surface area contributed by atoms with E-state index in [2.05, 4.69) is 18.8 Å². The lowest BCUT2D eigenvalue weighted by Crippen LogP contribution is -2.44. The van der Waals surface area contributed by atoms with Gasteiger partial charge in [0.05, 0.1) is 6.61 Å². The average molecular weight is 329 g/mol. The molecule has 3 atom stereocenters. The number of hydrogen-bond donors (Lipinski definition) is 1. The number of likely N-dealkylation sites (N-methyl/N-ethyl adjacent to an activating group) is 1. The molecule has 2 aliphatic rings. The Balaban J connectivity index is 1.82. The van der Waals surface area contributed by atoms with Crippen molar-refractivity contribution in [2.45, 2.75) is 38.8 Å². The van der Waals surface area contributed by atoms with Gasteiger partial charge in [-0.05, 0) is 18.9 Å². The van der Waals surface area contributed by atoms with Gasteiger partial charge in [0, 0.05) is 32.2 Å². The van der Waals surface area contributed by atoms with Crippen molar-refractivity contribution >= 4 is 17.6 Å². The van der Waals surface area contributed by atoms with Gasteiger partial charge in [-0.15, -0.1) is 11.8 Å². The monoisotopic (exact) mass is 329 g/mol. The Morgan fingerprint density at radius 1 is 1.59 bits per heavy atom. The molecule has 0 amide bonds. The number of hydrogen-bond acceptors (Lipinski definition) is 7. The highest BCUT2D eigenvalue weighted by Crippen LogP contribution is 2.29. The summed E-state index contributed by atoms with van der Waals surface area (Å²) in [6.45, 7) is 8.48. The summed E-state index contributed by atoms with van der Waals surface area (Å²) in [6.07, 6.45) is 2.71. The minimum atomic E-state index is -0.894. The summed E-state index contributed by atoms with van der Waals surface area (Å²) < 4.78 is 11.6. The minimum Gasteiger partial charge on any atom is -0.378 e. The van der Waals surface area contributed by atoms with Crippen molar-refractivity contribution in [3.63, 3.8) is 0 Å². The fraction of sp³-hybridized carbons (Fsp3) is 0.800. The Morgan fingerprint density at radius 2 is 2.36 bits per heavy atom. The molecule has 0 aromatic carbocycles. The van der Waals surface area contributed by atoms with Crippen molar-refractivity contribution in [2.75, 3.05) is 32.6 Å². The molecule has 1 saturated heterocycles. The van der Waals surface area contributed by atoms with Gasteiger partial charge >= 0.3 is 0 Å². The lowest BCUT2D eigenvalue weighted by molar-refractivity contribution is -0.103. The van der Waals surface area contributed by atoms with Crippen LogP contribution in [0.4, 0.5) is 0 Å². The maximum Gasteiger partial charge on any atom is 0.229 e. The van der Waals surface area contributed by atoms with E-state index in [1.807, 2.05) is 31.1 Å². The molecule has 126 valence electrons. The molecule has 6 nitrogen and oxygen atoms in total. The molecule has 0 bridgehead atoms. The summed E-state index contributed by atoms with van der Waals surface area (Å²) >= 11 is 1.72. The van der Waals surface area contributed by atoms with E-state index in [9.17, 15) is 5.11 Å². The first-order chi connectivity index (χ1) is 10.5. The summed E-state index contributed by atoms with van der Waals surface area (Å²) in [5.74, 6) is 2.11. The number of aliphatic hydroxyl groups is 1. The maximum absolute atomic E-state index is 10.2. The molecule has 0 aliphatic carbocycles. The van der Waals surface area contributed by atoms with Crippen LogP contribution in [0.25, 0.3) is 0 Å². The van der Waals surface area contributed by atoms with Gasteiger partial charge in [-0.25, -0.2) is 4.99 Å². The quantitative estimate of drug-likeness (QED) is 0.797. The van der Waals surface area contributed by atoms with E-state index >= 15 is 0 Å². The molecule has 1 N–H and O–H groups in total. The number of thioether (sulfide) groups is 1. The molecule has 1 unspecified atom stereocenters. The average Bonchev–Trinajstić information content (AvgIpc) is 2.94. The Labute approximate surface area is 137 Å². The highest BCUT2D eigenvalue weighted by Gasteiger charge is 2.33. The topological polar surface area (TPSA) is 57.5 Å². The van der Waals surface area contributed by atoms with Crippen LogP contribution >= 0.6 is 11.8 Å². The maximum atomic E-state index is 10.2. The number of nitrogens with zero attached hydrogens (tertiary/aromatic N) is 3. The molecule has 0 aromatic heterocycles. The van der Waals surface area contributed by atoms with Crippen LogP contribution in [-0.2, 0) is 9.47 Å². The van der Waals surface area contributed by atoms with Gasteiger partial charge in [0.15, 0.2) is 0 Å². The number of amidine groups is 1. The summed E-state index contributed by atoms with van der Waals surface area (Å²) in [4.78, 5) is 8.05. The number of aliphatic imine (C=N–C) groups is 1. The summed E-state index contributed by atoms with van der Waals surface area (Å²) in [7, 11) is 1.95. The second-order valence-corrected chi connectivity index (χ2v) is 7.09. The van der Waals surface area contributed by atoms with Gasteiger partial charge in [0.1, 0.15) is 17.5 Å². The third kappa shape index (κ3) is 4.62. The van der Waals surface area contributed by atoms with Crippen molar-refractivity contribution in [3.05, 3.63) is 12.3 Å². The highest BCUT2D eigenvalue weighted by atomic mass is 32.2. The molecule has 7 heteroatoms. The van der Waals surface area contributed by atoms with Gasteiger partial charge in [-0.3, -0.25) is 0 Å². The molecular weight excluding hydrogens is 302 g/mol. The second kappa shape index (κ2) is 8.19. The zero-order valence-corrected chi connectivity index (χ0v) is 14.6. The molecule has 22 heavy (non-hydrogen) atoms. The minimum absolute atomic E-state index is 0.0213. The first-order valence-electron chi connectivity index (χ1n) is 7.78. The smallest absolute Gasteiger partial charge is 0.229 e. The van der Waals surface area contributed by atoms with Crippen LogP contribution in [0.15, 0.2) is 17.3 Å². The van der Waals surface area contributed by atoms with Crippen LogP contribution in [0.1, 0.15) is 20.8 Å². The van der Waals surface area contributed by atoms with Crippen molar-refractivity contribution < 1.29 is 14.6 Å². The van der Waals surface area contributed by atoms with E-state index in [0.29, 0.717) is 12.5 Å². The lowest BCUT2D eigenvalue weighted by Gasteiger charge is -2.33. The van der Waals surface area contributed by atoms with E-state index in [1.165, 1.54) is 0 Å². The van der Waals surface area contributed by atoms with Crippen molar-refractivity contribution in [1.82, 2.24) is 9.80 Å². The third-order valence-electron chi connectivity index (χ3n) is 3.55. The molecule has 0 saturated carbocycles. The SMILES string of the molecule is CCN(C)C1=NC(O)N([C@H]2CS[C@@H](COCC(C)C)O2)C=C1. The van der Waals surface area contributed by atoms with Crippen LogP contribution in [-0.4, -0.2) is 71.3 Å². The van der Waals surface area contributed by atoms with Crippen molar-refractivity contribution in [2.24, 2.45) is 10.9 Å². The van der Waals surface area contributed by atoms with E-state index in [1.54, 1.807) is 16.7 Å². The fourth-order valence-electron chi connectivity index (χ4n) is 2.18. The Morgan fingerprint density at radius 3 is 3.00 bits per heavy atom. The largest absolute Gasteiger partial charge is 0.378 e. The van der Waals surface area contributed by atoms with Crippen molar-refractivity contribution in [3.8, 4) is 0 Å². The normalized spacial score (nSPS) is 28.4. The Hall–Kier alpha value is -0.760. The third-order valence-corrected chi connectivity index (χ3v) is 4.64. The zero-order chi connectivity index (χ0) is 16.1. The lowest BCUT2D eigenvalue weighted by atomic mass is 10.2. The molecular formula is C15H27N3O3S. The standard InChI is InChI=1S/C15H27N3O3S/c1-5-17(4)12-6-7-18(15(19)16-12)13-10-22-14(21-13)9-20-8-11(2)3/h6-7,11,13-15,19H,5,8-10H2,1-4H3/t13-,14+,15?/m1/s1. The molecule has 1 fully saturated rings. The molecule has 2 rings (SSSR count). The number of ether oxygens (including phenoxy) is 2. The first-order valence-corrected chi connectivity index (χ1v) is 8.83. The molecule has 2 heterocycles. The van der Waals surface area contributed by atoms with Gasteiger partial charge in [-0.2, -0.15) is 0 Å².